The summed E-state index contributed by atoms with van der Waals surface area (Å²) in [6.07, 6.45) is 1.45. The minimum absolute atomic E-state index is 0.0548. The monoisotopic (exact) mass is 280 g/mol. The van der Waals surface area contributed by atoms with E-state index in [-0.39, 0.29) is 5.91 Å². The Balaban J connectivity index is 1.69. The molecular weight excluding hydrogens is 260 g/mol. The summed E-state index contributed by atoms with van der Waals surface area (Å²) < 4.78 is 5.10. The van der Waals surface area contributed by atoms with Gasteiger partial charge in [-0.15, -0.1) is 0 Å². The Morgan fingerprint density at radius 1 is 1.53 bits per heavy atom. The first-order valence-electron chi connectivity index (χ1n) is 6.50. The first-order chi connectivity index (χ1) is 9.15. The van der Waals surface area contributed by atoms with Gasteiger partial charge < -0.3 is 15.8 Å². The largest absolute Gasteiger partial charge is 0.399 e. The molecule has 0 radical (unpaired) electrons. The third-order valence-corrected chi connectivity index (χ3v) is 4.31. The lowest BCUT2D eigenvalue weighted by molar-refractivity contribution is -0.116. The van der Waals surface area contributed by atoms with Gasteiger partial charge in [0.1, 0.15) is 0 Å². The second-order valence-corrected chi connectivity index (χ2v) is 6.16. The number of benzene rings is 1. The Kier molecular flexibility index (Phi) is 5.10. The lowest BCUT2D eigenvalue weighted by Crippen LogP contribution is -2.30. The van der Waals surface area contributed by atoms with Crippen LogP contribution < -0.4 is 11.1 Å². The number of nitrogens with one attached hydrogen (secondary N) is 1. The molecule has 2 rings (SSSR count). The van der Waals surface area contributed by atoms with Gasteiger partial charge in [0.2, 0.25) is 5.91 Å². The third-order valence-electron chi connectivity index (χ3n) is 3.04. The van der Waals surface area contributed by atoms with Crippen LogP contribution in [-0.4, -0.2) is 30.1 Å². The molecule has 0 aliphatic carbocycles. The second kappa shape index (κ2) is 6.82. The predicted molar refractivity (Wildman–Crippen MR) is 80.5 cm³/mol. The van der Waals surface area contributed by atoms with Crippen molar-refractivity contribution in [1.29, 1.82) is 0 Å². The van der Waals surface area contributed by atoms with Crippen molar-refractivity contribution in [2.45, 2.75) is 25.0 Å². The van der Waals surface area contributed by atoms with Crippen LogP contribution >= 0.6 is 11.8 Å². The van der Waals surface area contributed by atoms with Crippen molar-refractivity contribution < 1.29 is 9.53 Å². The number of hydrogen-bond acceptors (Lipinski definition) is 4. The summed E-state index contributed by atoms with van der Waals surface area (Å²) in [5.74, 6) is 1.07. The maximum absolute atomic E-state index is 11.8. The van der Waals surface area contributed by atoms with E-state index in [1.54, 1.807) is 6.07 Å². The lowest BCUT2D eigenvalue weighted by atomic mass is 10.1. The van der Waals surface area contributed by atoms with Crippen molar-refractivity contribution in [1.82, 2.24) is 0 Å². The van der Waals surface area contributed by atoms with Gasteiger partial charge in [-0.3, -0.25) is 4.79 Å². The molecule has 1 saturated heterocycles. The number of hydrogen-bond donors (Lipinski definition) is 2. The number of rotatable bonds is 6. The molecule has 0 aromatic heterocycles. The molecule has 1 amide bonds. The van der Waals surface area contributed by atoms with Crippen LogP contribution in [0.1, 0.15) is 18.4 Å². The predicted octanol–water partition coefficient (Wildman–Crippen LogP) is 2.43. The summed E-state index contributed by atoms with van der Waals surface area (Å²) in [4.78, 5) is 11.8. The molecule has 1 fully saturated rings. The normalized spacial score (nSPS) is 15.0. The summed E-state index contributed by atoms with van der Waals surface area (Å²) in [6.45, 7) is 3.68. The van der Waals surface area contributed by atoms with Crippen LogP contribution in [0.2, 0.25) is 0 Å². The average Bonchev–Trinajstić information content (AvgIpc) is 2.31. The highest BCUT2D eigenvalue weighted by Crippen LogP contribution is 2.21. The van der Waals surface area contributed by atoms with Gasteiger partial charge in [-0.2, -0.15) is 11.8 Å². The minimum atomic E-state index is 0.0548. The fraction of sp³-hybridized carbons (Fsp3) is 0.500. The molecular formula is C14H20N2O2S. The van der Waals surface area contributed by atoms with Crippen molar-refractivity contribution in [2.75, 3.05) is 30.0 Å². The highest BCUT2D eigenvalue weighted by Gasteiger charge is 2.18. The molecule has 5 heteroatoms. The Labute approximate surface area is 118 Å². The fourth-order valence-corrected chi connectivity index (χ4v) is 2.81. The Bertz CT molecular complexity index is 447. The average molecular weight is 280 g/mol. The third kappa shape index (κ3) is 4.44. The van der Waals surface area contributed by atoms with Gasteiger partial charge in [0.05, 0.1) is 18.5 Å². The lowest BCUT2D eigenvalue weighted by Gasteiger charge is -2.25. The second-order valence-electron chi connectivity index (χ2n) is 4.76. The minimum Gasteiger partial charge on any atom is -0.399 e. The maximum Gasteiger partial charge on any atom is 0.224 e. The smallest absolute Gasteiger partial charge is 0.224 e. The Morgan fingerprint density at radius 3 is 3.00 bits per heavy atom. The first-order valence-corrected chi connectivity index (χ1v) is 7.55. The van der Waals surface area contributed by atoms with Gasteiger partial charge in [0, 0.05) is 17.8 Å². The molecule has 0 atom stereocenters. The van der Waals surface area contributed by atoms with Crippen molar-refractivity contribution in [3.63, 3.8) is 0 Å². The van der Waals surface area contributed by atoms with E-state index in [0.717, 1.165) is 36.6 Å². The van der Waals surface area contributed by atoms with Gasteiger partial charge in [-0.1, -0.05) is 6.07 Å². The summed E-state index contributed by atoms with van der Waals surface area (Å²) in [7, 11) is 0. The number of nitrogen functional groups attached to an aromatic ring is 1. The molecule has 0 spiro atoms. The molecule has 1 heterocycles. The fourth-order valence-electron chi connectivity index (χ4n) is 1.78. The van der Waals surface area contributed by atoms with E-state index in [1.807, 2.05) is 30.8 Å². The molecule has 104 valence electrons. The molecule has 1 aromatic carbocycles. The van der Waals surface area contributed by atoms with E-state index in [2.05, 4.69) is 5.32 Å². The number of nitrogens with two attached hydrogens (primary N) is 1. The van der Waals surface area contributed by atoms with Crippen LogP contribution in [0.5, 0.6) is 0 Å². The van der Waals surface area contributed by atoms with Gasteiger partial charge >= 0.3 is 0 Å². The number of ether oxygens (including phenoxy) is 1. The highest BCUT2D eigenvalue weighted by atomic mass is 32.2. The van der Waals surface area contributed by atoms with Crippen LogP contribution in [0.25, 0.3) is 0 Å². The van der Waals surface area contributed by atoms with Crippen LogP contribution in [-0.2, 0) is 9.53 Å². The number of amides is 1. The van der Waals surface area contributed by atoms with Crippen molar-refractivity contribution in [3.05, 3.63) is 23.8 Å². The van der Waals surface area contributed by atoms with Crippen molar-refractivity contribution >= 4 is 29.0 Å². The van der Waals surface area contributed by atoms with Crippen LogP contribution in [0.3, 0.4) is 0 Å². The van der Waals surface area contributed by atoms with Crippen molar-refractivity contribution in [2.24, 2.45) is 0 Å². The van der Waals surface area contributed by atoms with E-state index in [4.69, 9.17) is 10.5 Å². The number of carbonyl (C=O) groups excluding carboxylic acids is 1. The van der Waals surface area contributed by atoms with E-state index < -0.39 is 0 Å². The molecule has 0 unspecified atom stereocenters. The SMILES string of the molecule is Cc1ccc(N)cc1NC(=O)CCCSC1COC1. The zero-order valence-electron chi connectivity index (χ0n) is 11.1. The molecule has 1 aliphatic rings. The number of anilines is 2. The van der Waals surface area contributed by atoms with Crippen LogP contribution in [0.15, 0.2) is 18.2 Å². The standard InChI is InChI=1S/C14H20N2O2S/c1-10-4-5-11(15)7-13(10)16-14(17)3-2-6-19-12-8-18-9-12/h4-5,7,12H,2-3,6,8-9,15H2,1H3,(H,16,17). The first kappa shape index (κ1) is 14.2. The van der Waals surface area contributed by atoms with Crippen molar-refractivity contribution in [3.8, 4) is 0 Å². The van der Waals surface area contributed by atoms with Gasteiger partial charge in [0.15, 0.2) is 0 Å². The molecule has 0 bridgehead atoms. The molecule has 1 aromatic rings. The number of carbonyl (C=O) groups is 1. The Morgan fingerprint density at radius 2 is 2.32 bits per heavy atom. The maximum atomic E-state index is 11.8. The van der Waals surface area contributed by atoms with Gasteiger partial charge in [-0.05, 0) is 36.8 Å². The molecule has 4 nitrogen and oxygen atoms in total. The summed E-state index contributed by atoms with van der Waals surface area (Å²) in [5, 5.41) is 3.55. The number of aryl methyl sites for hydroxylation is 1. The van der Waals surface area contributed by atoms with E-state index in [0.29, 0.717) is 17.4 Å². The quantitative estimate of drug-likeness (QED) is 0.620. The van der Waals surface area contributed by atoms with Gasteiger partial charge in [-0.25, -0.2) is 0 Å². The van der Waals surface area contributed by atoms with E-state index in [9.17, 15) is 4.79 Å². The molecule has 1 aliphatic heterocycles. The number of thioether (sulfide) groups is 1. The molecule has 3 N–H and O–H groups in total. The summed E-state index contributed by atoms with van der Waals surface area (Å²) in [6, 6.07) is 5.55. The molecule has 19 heavy (non-hydrogen) atoms. The van der Waals surface area contributed by atoms with Crippen LogP contribution in [0, 0.1) is 6.92 Å². The van der Waals surface area contributed by atoms with Crippen LogP contribution in [0.4, 0.5) is 11.4 Å². The summed E-state index contributed by atoms with van der Waals surface area (Å²) >= 11 is 1.89. The van der Waals surface area contributed by atoms with Gasteiger partial charge in [0.25, 0.3) is 0 Å². The zero-order chi connectivity index (χ0) is 13.7. The van der Waals surface area contributed by atoms with E-state index >= 15 is 0 Å². The van der Waals surface area contributed by atoms with E-state index in [1.165, 1.54) is 0 Å². The highest BCUT2D eigenvalue weighted by molar-refractivity contribution is 8.00. The zero-order valence-corrected chi connectivity index (χ0v) is 12.0. The molecule has 0 saturated carbocycles. The topological polar surface area (TPSA) is 64.3 Å². The summed E-state index contributed by atoms with van der Waals surface area (Å²) in [5.41, 5.74) is 8.22. The Hall–Kier alpha value is -1.20.